The summed E-state index contributed by atoms with van der Waals surface area (Å²) < 4.78 is 1.89. The molecule has 1 N–H and O–H groups in total. The second-order valence-corrected chi connectivity index (χ2v) is 4.16. The summed E-state index contributed by atoms with van der Waals surface area (Å²) in [4.78, 5) is 0. The van der Waals surface area contributed by atoms with Crippen molar-refractivity contribution in [2.75, 3.05) is 0 Å². The van der Waals surface area contributed by atoms with E-state index in [2.05, 4.69) is 24.4 Å². The normalized spacial score (nSPS) is 11.8. The highest BCUT2D eigenvalue weighted by Gasteiger charge is 2.10. The lowest BCUT2D eigenvalue weighted by Crippen LogP contribution is -2.27. The van der Waals surface area contributed by atoms with Crippen LogP contribution in [-0.4, -0.2) is 10.6 Å². The van der Waals surface area contributed by atoms with Gasteiger partial charge in [-0.1, -0.05) is 6.92 Å². The van der Waals surface area contributed by atoms with E-state index in [9.17, 15) is 0 Å². The summed E-state index contributed by atoms with van der Waals surface area (Å²) in [7, 11) is 1.89. The summed E-state index contributed by atoms with van der Waals surface area (Å²) >= 11 is 0. The van der Waals surface area contributed by atoms with Crippen molar-refractivity contribution in [1.82, 2.24) is 9.88 Å². The SMILES string of the molecule is CCC(CC#N)NCc1cc(C#N)n(C)c1C. The molecular weight excluding hydrogens is 212 g/mol. The van der Waals surface area contributed by atoms with E-state index in [1.165, 1.54) is 0 Å². The molecule has 0 bridgehead atoms. The predicted octanol–water partition coefficient (Wildman–Crippen LogP) is 1.99. The first-order valence-electron chi connectivity index (χ1n) is 5.79. The van der Waals surface area contributed by atoms with Gasteiger partial charge in [0.25, 0.3) is 0 Å². The lowest BCUT2D eigenvalue weighted by molar-refractivity contribution is 0.504. The lowest BCUT2D eigenvalue weighted by atomic mass is 10.1. The number of aromatic nitrogens is 1. The van der Waals surface area contributed by atoms with Crippen molar-refractivity contribution in [1.29, 1.82) is 10.5 Å². The van der Waals surface area contributed by atoms with E-state index in [-0.39, 0.29) is 6.04 Å². The Balaban J connectivity index is 2.70. The summed E-state index contributed by atoms with van der Waals surface area (Å²) in [6.45, 7) is 4.78. The first kappa shape index (κ1) is 13.3. The third kappa shape index (κ3) is 3.09. The van der Waals surface area contributed by atoms with Crippen molar-refractivity contribution in [3.63, 3.8) is 0 Å². The van der Waals surface area contributed by atoms with Gasteiger partial charge in [-0.05, 0) is 25.0 Å². The van der Waals surface area contributed by atoms with E-state index >= 15 is 0 Å². The maximum atomic E-state index is 8.93. The number of nitrogens with zero attached hydrogens (tertiary/aromatic N) is 3. The molecule has 4 heteroatoms. The van der Waals surface area contributed by atoms with Gasteiger partial charge in [0.05, 0.1) is 12.5 Å². The standard InChI is InChI=1S/C13H18N4/c1-4-12(5-6-14)16-9-11-7-13(8-15)17(3)10(11)2/h7,12,16H,4-5,9H2,1-3H3. The number of rotatable bonds is 5. The van der Waals surface area contributed by atoms with E-state index < -0.39 is 0 Å². The fourth-order valence-electron chi connectivity index (χ4n) is 1.77. The number of nitriles is 2. The van der Waals surface area contributed by atoms with Crippen molar-refractivity contribution in [2.24, 2.45) is 7.05 Å². The molecule has 1 unspecified atom stereocenters. The topological polar surface area (TPSA) is 64.5 Å². The largest absolute Gasteiger partial charge is 0.340 e. The third-order valence-corrected chi connectivity index (χ3v) is 3.17. The predicted molar refractivity (Wildman–Crippen MR) is 66.0 cm³/mol. The van der Waals surface area contributed by atoms with E-state index in [1.807, 2.05) is 24.6 Å². The molecule has 90 valence electrons. The first-order valence-corrected chi connectivity index (χ1v) is 5.79. The van der Waals surface area contributed by atoms with Gasteiger partial charge in [-0.25, -0.2) is 0 Å². The van der Waals surface area contributed by atoms with E-state index in [1.54, 1.807) is 0 Å². The maximum Gasteiger partial charge on any atom is 0.120 e. The van der Waals surface area contributed by atoms with Gasteiger partial charge < -0.3 is 9.88 Å². The van der Waals surface area contributed by atoms with E-state index in [0.717, 1.165) is 17.7 Å². The minimum atomic E-state index is 0.227. The molecule has 0 saturated heterocycles. The van der Waals surface area contributed by atoms with Crippen LogP contribution in [0.4, 0.5) is 0 Å². The Morgan fingerprint density at radius 1 is 1.47 bits per heavy atom. The maximum absolute atomic E-state index is 8.93. The zero-order valence-corrected chi connectivity index (χ0v) is 10.6. The fraction of sp³-hybridized carbons (Fsp3) is 0.538. The van der Waals surface area contributed by atoms with Crippen molar-refractivity contribution >= 4 is 0 Å². The highest BCUT2D eigenvalue weighted by atomic mass is 15.0. The molecule has 1 atom stereocenters. The molecule has 0 fully saturated rings. The van der Waals surface area contributed by atoms with E-state index in [0.29, 0.717) is 18.7 Å². The van der Waals surface area contributed by atoms with Crippen LogP contribution in [0.2, 0.25) is 0 Å². The number of hydrogen-bond donors (Lipinski definition) is 1. The van der Waals surface area contributed by atoms with E-state index in [4.69, 9.17) is 10.5 Å². The Bertz CT molecular complexity index is 459. The molecule has 0 amide bonds. The van der Waals surface area contributed by atoms with Crippen LogP contribution < -0.4 is 5.32 Å². The van der Waals surface area contributed by atoms with Crippen LogP contribution in [0.5, 0.6) is 0 Å². The van der Waals surface area contributed by atoms with Gasteiger partial charge in [0.1, 0.15) is 11.8 Å². The van der Waals surface area contributed by atoms with Crippen LogP contribution in [0.15, 0.2) is 6.07 Å². The summed E-state index contributed by atoms with van der Waals surface area (Å²) in [6, 6.07) is 6.47. The molecule has 0 aliphatic rings. The average molecular weight is 230 g/mol. The summed E-state index contributed by atoms with van der Waals surface area (Å²) in [5.41, 5.74) is 2.90. The van der Waals surface area contributed by atoms with Gasteiger partial charge in [0.15, 0.2) is 0 Å². The van der Waals surface area contributed by atoms with Gasteiger partial charge in [-0.2, -0.15) is 10.5 Å². The minimum absolute atomic E-state index is 0.227. The summed E-state index contributed by atoms with van der Waals surface area (Å²) in [5.74, 6) is 0. The van der Waals surface area contributed by atoms with Crippen molar-refractivity contribution in [3.8, 4) is 12.1 Å². The molecule has 4 nitrogen and oxygen atoms in total. The Hall–Kier alpha value is -1.78. The molecule has 1 aromatic rings. The van der Waals surface area contributed by atoms with Crippen LogP contribution in [0.1, 0.15) is 36.7 Å². The third-order valence-electron chi connectivity index (χ3n) is 3.17. The molecule has 0 aromatic carbocycles. The van der Waals surface area contributed by atoms with Crippen molar-refractivity contribution in [3.05, 3.63) is 23.0 Å². The summed E-state index contributed by atoms with van der Waals surface area (Å²) in [6.07, 6.45) is 1.46. The Kier molecular flexibility index (Phi) is 4.75. The second-order valence-electron chi connectivity index (χ2n) is 4.16. The number of hydrogen-bond acceptors (Lipinski definition) is 3. The molecule has 17 heavy (non-hydrogen) atoms. The number of nitrogens with one attached hydrogen (secondary N) is 1. The fourth-order valence-corrected chi connectivity index (χ4v) is 1.77. The zero-order chi connectivity index (χ0) is 12.8. The second kappa shape index (κ2) is 6.08. The zero-order valence-electron chi connectivity index (χ0n) is 10.6. The molecule has 1 rings (SSSR count). The Morgan fingerprint density at radius 3 is 2.65 bits per heavy atom. The van der Waals surface area contributed by atoms with Gasteiger partial charge >= 0.3 is 0 Å². The van der Waals surface area contributed by atoms with Crippen molar-refractivity contribution in [2.45, 2.75) is 39.3 Å². The quantitative estimate of drug-likeness (QED) is 0.841. The van der Waals surface area contributed by atoms with Crippen LogP contribution >= 0.6 is 0 Å². The molecule has 1 heterocycles. The van der Waals surface area contributed by atoms with Crippen LogP contribution in [0, 0.1) is 29.6 Å². The highest BCUT2D eigenvalue weighted by molar-refractivity contribution is 5.34. The molecule has 0 saturated carbocycles. The van der Waals surface area contributed by atoms with Gasteiger partial charge in [-0.15, -0.1) is 0 Å². The molecule has 0 aliphatic carbocycles. The molecule has 1 aromatic heterocycles. The molecule has 0 spiro atoms. The van der Waals surface area contributed by atoms with Gasteiger partial charge in [0, 0.05) is 25.3 Å². The lowest BCUT2D eigenvalue weighted by Gasteiger charge is -2.13. The first-order chi connectivity index (χ1) is 8.13. The van der Waals surface area contributed by atoms with Gasteiger partial charge in [-0.3, -0.25) is 0 Å². The Morgan fingerprint density at radius 2 is 2.18 bits per heavy atom. The van der Waals surface area contributed by atoms with Gasteiger partial charge in [0.2, 0.25) is 0 Å². The van der Waals surface area contributed by atoms with Crippen LogP contribution in [0.25, 0.3) is 0 Å². The monoisotopic (exact) mass is 230 g/mol. The summed E-state index contributed by atoms with van der Waals surface area (Å²) in [5, 5.41) is 20.9. The molecule has 0 aliphatic heterocycles. The molecular formula is C13H18N4. The molecule has 0 radical (unpaired) electrons. The van der Waals surface area contributed by atoms with Crippen LogP contribution in [-0.2, 0) is 13.6 Å². The Labute approximate surface area is 102 Å². The average Bonchev–Trinajstić information content (AvgIpc) is 2.61. The van der Waals surface area contributed by atoms with Crippen LogP contribution in [0.3, 0.4) is 0 Å². The highest BCUT2D eigenvalue weighted by Crippen LogP contribution is 2.13. The minimum Gasteiger partial charge on any atom is -0.340 e. The smallest absolute Gasteiger partial charge is 0.120 e. The van der Waals surface area contributed by atoms with Crippen molar-refractivity contribution < 1.29 is 0 Å².